The SMILES string of the molecule is C1=CCC=NN2C=1N=C(c1ccccc1)C=C2c1ccncc1. The van der Waals surface area contributed by atoms with Crippen LogP contribution >= 0.6 is 0 Å². The number of fused-ring (bicyclic) bond motifs is 1. The highest BCUT2D eigenvalue weighted by Gasteiger charge is 2.22. The van der Waals surface area contributed by atoms with Gasteiger partial charge in [-0.2, -0.15) is 5.10 Å². The van der Waals surface area contributed by atoms with Crippen LogP contribution in [0.4, 0.5) is 0 Å². The van der Waals surface area contributed by atoms with Gasteiger partial charge in [-0.25, -0.2) is 10.0 Å². The number of hydrazone groups is 1. The van der Waals surface area contributed by atoms with Gasteiger partial charge in [0.15, 0.2) is 5.82 Å². The van der Waals surface area contributed by atoms with E-state index in [0.717, 1.165) is 29.0 Å². The molecule has 110 valence electrons. The normalized spacial score (nSPS) is 16.2. The van der Waals surface area contributed by atoms with Gasteiger partial charge >= 0.3 is 0 Å². The lowest BCUT2D eigenvalue weighted by Gasteiger charge is -2.25. The van der Waals surface area contributed by atoms with Crippen molar-refractivity contribution in [2.75, 3.05) is 0 Å². The largest absolute Gasteiger partial charge is 0.265 e. The fourth-order valence-electron chi connectivity index (χ4n) is 2.53. The molecule has 3 heterocycles. The molecule has 0 atom stereocenters. The molecule has 0 unspecified atom stereocenters. The van der Waals surface area contributed by atoms with Crippen LogP contribution in [0.3, 0.4) is 0 Å². The molecule has 0 spiro atoms. The van der Waals surface area contributed by atoms with Crippen molar-refractivity contribution < 1.29 is 0 Å². The highest BCUT2D eigenvalue weighted by atomic mass is 15.5. The number of benzene rings is 1. The summed E-state index contributed by atoms with van der Waals surface area (Å²) in [5, 5.41) is 6.34. The van der Waals surface area contributed by atoms with E-state index in [1.165, 1.54) is 0 Å². The summed E-state index contributed by atoms with van der Waals surface area (Å²) in [7, 11) is 0. The van der Waals surface area contributed by atoms with Crippen molar-refractivity contribution in [3.05, 3.63) is 89.7 Å². The Morgan fingerprint density at radius 2 is 1.78 bits per heavy atom. The van der Waals surface area contributed by atoms with Crippen molar-refractivity contribution in [1.82, 2.24) is 9.99 Å². The lowest BCUT2D eigenvalue weighted by molar-refractivity contribution is 0.518. The third-order valence-corrected chi connectivity index (χ3v) is 3.63. The molecule has 23 heavy (non-hydrogen) atoms. The third kappa shape index (κ3) is 2.63. The third-order valence-electron chi connectivity index (χ3n) is 3.63. The van der Waals surface area contributed by atoms with E-state index < -0.39 is 0 Å². The summed E-state index contributed by atoms with van der Waals surface area (Å²) in [4.78, 5) is 8.82. The Bertz CT molecular complexity index is 870. The van der Waals surface area contributed by atoms with Crippen LogP contribution in [-0.4, -0.2) is 21.9 Å². The minimum Gasteiger partial charge on any atom is -0.265 e. The Labute approximate surface area is 134 Å². The summed E-state index contributed by atoms with van der Waals surface area (Å²) in [6.45, 7) is 0. The van der Waals surface area contributed by atoms with Crippen LogP contribution in [0, 0.1) is 0 Å². The maximum atomic E-state index is 4.72. The predicted molar refractivity (Wildman–Crippen MR) is 91.7 cm³/mol. The zero-order chi connectivity index (χ0) is 15.5. The van der Waals surface area contributed by atoms with E-state index in [-0.39, 0.29) is 0 Å². The first-order chi connectivity index (χ1) is 11.4. The standard InChI is InChI=1S/C19H14N4/c1-2-6-15(7-3-1)17-14-18(16-9-12-20-13-10-16)23-19(22-17)8-4-5-11-21-23/h1-4,6-7,9-14H,5H2. The number of hydrogen-bond donors (Lipinski definition) is 0. The van der Waals surface area contributed by atoms with Gasteiger partial charge in [0.05, 0.1) is 11.4 Å². The van der Waals surface area contributed by atoms with Crippen LogP contribution in [0.15, 0.2) is 88.7 Å². The van der Waals surface area contributed by atoms with Gasteiger partial charge in [-0.3, -0.25) is 4.98 Å². The van der Waals surface area contributed by atoms with Crippen LogP contribution < -0.4 is 0 Å². The molecule has 0 aliphatic carbocycles. The van der Waals surface area contributed by atoms with E-state index in [0.29, 0.717) is 5.82 Å². The number of aromatic nitrogens is 1. The monoisotopic (exact) mass is 298 g/mol. The minimum absolute atomic E-state index is 0.701. The van der Waals surface area contributed by atoms with E-state index in [9.17, 15) is 0 Å². The van der Waals surface area contributed by atoms with Gasteiger partial charge in [-0.15, -0.1) is 0 Å². The van der Waals surface area contributed by atoms with Crippen LogP contribution in [-0.2, 0) is 0 Å². The van der Waals surface area contributed by atoms with Crippen molar-refractivity contribution in [2.45, 2.75) is 6.42 Å². The fraction of sp³-hybridized carbons (Fsp3) is 0.0526. The van der Waals surface area contributed by atoms with Gasteiger partial charge in [0, 0.05) is 36.2 Å². The molecule has 4 heteroatoms. The van der Waals surface area contributed by atoms with Gasteiger partial charge in [-0.1, -0.05) is 36.1 Å². The highest BCUT2D eigenvalue weighted by molar-refractivity contribution is 6.13. The molecule has 0 fully saturated rings. The second-order valence-electron chi connectivity index (χ2n) is 5.15. The number of pyridine rings is 1. The average Bonchev–Trinajstić information content (AvgIpc) is 2.88. The minimum atomic E-state index is 0.701. The van der Waals surface area contributed by atoms with Crippen molar-refractivity contribution >= 4 is 17.6 Å². The average molecular weight is 298 g/mol. The van der Waals surface area contributed by atoms with Gasteiger partial charge in [0.2, 0.25) is 0 Å². The molecule has 2 aromatic rings. The quantitative estimate of drug-likeness (QED) is 0.795. The Morgan fingerprint density at radius 1 is 0.957 bits per heavy atom. The fourth-order valence-corrected chi connectivity index (χ4v) is 2.53. The van der Waals surface area contributed by atoms with Gasteiger partial charge < -0.3 is 0 Å². The number of hydrogen-bond acceptors (Lipinski definition) is 4. The van der Waals surface area contributed by atoms with Gasteiger partial charge in [0.1, 0.15) is 0 Å². The van der Waals surface area contributed by atoms with E-state index in [4.69, 9.17) is 4.99 Å². The maximum Gasteiger partial charge on any atom is 0.198 e. The zero-order valence-corrected chi connectivity index (χ0v) is 12.4. The maximum absolute atomic E-state index is 4.72. The summed E-state index contributed by atoms with van der Waals surface area (Å²) >= 11 is 0. The lowest BCUT2D eigenvalue weighted by atomic mass is 10.0. The van der Waals surface area contributed by atoms with Crippen LogP contribution in [0.1, 0.15) is 17.5 Å². The summed E-state index contributed by atoms with van der Waals surface area (Å²) < 4.78 is 0. The van der Waals surface area contributed by atoms with Crippen molar-refractivity contribution in [3.63, 3.8) is 0 Å². The molecule has 1 aromatic heterocycles. The molecular weight excluding hydrogens is 284 g/mol. The molecule has 0 N–H and O–H groups in total. The number of allylic oxidation sites excluding steroid dienone is 2. The lowest BCUT2D eigenvalue weighted by Crippen LogP contribution is -2.20. The van der Waals surface area contributed by atoms with E-state index in [1.54, 1.807) is 12.4 Å². The molecule has 2 aliphatic rings. The molecule has 0 saturated heterocycles. The Hall–Kier alpha value is -3.23. The van der Waals surface area contributed by atoms with Crippen LogP contribution in [0.5, 0.6) is 0 Å². The molecule has 0 saturated carbocycles. The van der Waals surface area contributed by atoms with Crippen molar-refractivity contribution in [3.8, 4) is 0 Å². The second kappa shape index (κ2) is 5.87. The number of aliphatic imine (C=N–C) groups is 1. The molecule has 1 aromatic carbocycles. The highest BCUT2D eigenvalue weighted by Crippen LogP contribution is 2.29. The zero-order valence-electron chi connectivity index (χ0n) is 12.4. The Morgan fingerprint density at radius 3 is 2.61 bits per heavy atom. The first-order valence-corrected chi connectivity index (χ1v) is 7.46. The van der Waals surface area contributed by atoms with Crippen molar-refractivity contribution in [1.29, 1.82) is 0 Å². The van der Waals surface area contributed by atoms with Gasteiger partial charge in [-0.05, 0) is 24.3 Å². The molecule has 2 aliphatic heterocycles. The van der Waals surface area contributed by atoms with Crippen LogP contribution in [0.2, 0.25) is 0 Å². The summed E-state index contributed by atoms with van der Waals surface area (Å²) in [6.07, 6.45) is 10.2. The molecule has 4 rings (SSSR count). The van der Waals surface area contributed by atoms with E-state index in [2.05, 4.69) is 34.0 Å². The summed E-state index contributed by atoms with van der Waals surface area (Å²) in [5.74, 6) is 0.701. The molecule has 0 amide bonds. The Kier molecular flexibility index (Phi) is 3.43. The van der Waals surface area contributed by atoms with E-state index in [1.807, 2.05) is 47.6 Å². The summed E-state index contributed by atoms with van der Waals surface area (Å²) in [5.41, 5.74) is 7.22. The summed E-state index contributed by atoms with van der Waals surface area (Å²) in [6, 6.07) is 14.1. The topological polar surface area (TPSA) is 40.9 Å². The van der Waals surface area contributed by atoms with E-state index >= 15 is 0 Å². The second-order valence-corrected chi connectivity index (χ2v) is 5.15. The van der Waals surface area contributed by atoms with Crippen molar-refractivity contribution in [2.24, 2.45) is 10.1 Å². The first-order valence-electron chi connectivity index (χ1n) is 7.46. The molecule has 0 bridgehead atoms. The smallest absolute Gasteiger partial charge is 0.198 e. The molecular formula is C19H14N4. The van der Waals surface area contributed by atoms with Gasteiger partial charge in [0.25, 0.3) is 0 Å². The Balaban J connectivity index is 1.90. The molecule has 0 radical (unpaired) electrons. The predicted octanol–water partition coefficient (Wildman–Crippen LogP) is 3.61. The molecule has 4 nitrogen and oxygen atoms in total. The number of rotatable bonds is 2. The van der Waals surface area contributed by atoms with Crippen LogP contribution in [0.25, 0.3) is 5.70 Å². The first kappa shape index (κ1) is 13.4. The number of nitrogens with zero attached hydrogens (tertiary/aromatic N) is 4.